The molecule has 0 aliphatic heterocycles. The molecule has 0 aliphatic carbocycles. The van der Waals surface area contributed by atoms with Gasteiger partial charge in [-0.25, -0.2) is 0 Å². The van der Waals surface area contributed by atoms with Crippen LogP contribution < -0.4 is 0 Å². The number of aryl methyl sites for hydroxylation is 3. The molecule has 0 aromatic heterocycles. The van der Waals surface area contributed by atoms with Crippen LogP contribution >= 0.6 is 0 Å². The fraction of sp³-hybridized carbons (Fsp3) is 0.887. The van der Waals surface area contributed by atoms with E-state index < -0.39 is 0 Å². The second-order valence-corrected chi connectivity index (χ2v) is 17.6. The number of rotatable bonds is 41. The minimum absolute atomic E-state index is 0.554. The van der Waals surface area contributed by atoms with Crippen LogP contribution in [-0.2, 0) is 12.8 Å². The number of hydrogen-bond donors (Lipinski definition) is 1. The summed E-state index contributed by atoms with van der Waals surface area (Å²) >= 11 is 0. The van der Waals surface area contributed by atoms with E-state index in [1.807, 2.05) is 0 Å². The van der Waals surface area contributed by atoms with Crippen molar-refractivity contribution < 1.29 is 5.11 Å². The Morgan fingerprint density at radius 1 is 0.296 bits per heavy atom. The van der Waals surface area contributed by atoms with Gasteiger partial charge in [0.2, 0.25) is 0 Å². The van der Waals surface area contributed by atoms with E-state index in [9.17, 15) is 5.11 Å². The monoisotopic (exact) mass is 755 g/mol. The zero-order chi connectivity index (χ0) is 39.4. The first-order chi connectivity index (χ1) is 26.6. The molecule has 0 saturated heterocycles. The Labute approximate surface area is 342 Å². The predicted octanol–water partition coefficient (Wildman–Crippen LogP) is 19.5. The molecule has 0 bridgehead atoms. The van der Waals surface area contributed by atoms with Crippen LogP contribution in [0.15, 0.2) is 12.1 Å². The van der Waals surface area contributed by atoms with Gasteiger partial charge in [0, 0.05) is 0 Å². The molecule has 0 unspecified atom stereocenters. The van der Waals surface area contributed by atoms with Gasteiger partial charge in [-0.05, 0) is 49.3 Å². The van der Waals surface area contributed by atoms with Gasteiger partial charge in [0.05, 0.1) is 0 Å². The smallest absolute Gasteiger partial charge is 0.121 e. The summed E-state index contributed by atoms with van der Waals surface area (Å²) < 4.78 is 0. The van der Waals surface area contributed by atoms with Gasteiger partial charge >= 0.3 is 0 Å². The van der Waals surface area contributed by atoms with Crippen LogP contribution in [0.2, 0.25) is 0 Å². The predicted molar refractivity (Wildman–Crippen MR) is 248 cm³/mol. The van der Waals surface area contributed by atoms with Crippen molar-refractivity contribution in [2.45, 2.75) is 304 Å². The molecule has 0 radical (unpaired) electrons. The molecule has 0 atom stereocenters. The molecule has 0 aliphatic rings. The number of phenols is 1. The van der Waals surface area contributed by atoms with E-state index in [4.69, 9.17) is 0 Å². The molecule has 1 aromatic rings. The maximum absolute atomic E-state index is 10.6. The highest BCUT2D eigenvalue weighted by atomic mass is 16.3. The molecule has 0 amide bonds. The molecule has 0 heterocycles. The lowest BCUT2D eigenvalue weighted by Gasteiger charge is -2.11. The van der Waals surface area contributed by atoms with Crippen LogP contribution in [-0.4, -0.2) is 5.11 Å². The van der Waals surface area contributed by atoms with E-state index in [2.05, 4.69) is 46.8 Å². The van der Waals surface area contributed by atoms with E-state index in [1.165, 1.54) is 274 Å². The van der Waals surface area contributed by atoms with Gasteiger partial charge in [0.25, 0.3) is 0 Å². The van der Waals surface area contributed by atoms with Crippen LogP contribution in [0.1, 0.15) is 301 Å². The summed E-state index contributed by atoms with van der Waals surface area (Å²) in [5, 5.41) is 10.6. The SMILES string of the molecule is CCCCCCCCCCCCCCCC.CCCCCCCCCCCCCCCc1cc(C)c(O)c(CCCCCCCCCCCCCCC)c1. The Kier molecular flexibility index (Phi) is 43.9. The molecule has 1 aromatic carbocycles. The van der Waals surface area contributed by atoms with Gasteiger partial charge in [-0.1, -0.05) is 284 Å². The molecule has 0 spiro atoms. The average molecular weight is 755 g/mol. The van der Waals surface area contributed by atoms with Crippen molar-refractivity contribution in [2.24, 2.45) is 0 Å². The number of benzene rings is 1. The number of unbranched alkanes of at least 4 members (excludes halogenated alkanes) is 37. The fourth-order valence-corrected chi connectivity index (χ4v) is 8.22. The number of phenolic OH excluding ortho intramolecular Hbond substituents is 1. The summed E-state index contributed by atoms with van der Waals surface area (Å²) in [6, 6.07) is 4.53. The van der Waals surface area contributed by atoms with Crippen LogP contribution in [0.25, 0.3) is 0 Å². The lowest BCUT2D eigenvalue weighted by Crippen LogP contribution is -1.94. The van der Waals surface area contributed by atoms with Crippen molar-refractivity contribution in [3.63, 3.8) is 0 Å². The Balaban J connectivity index is 0.00000147. The van der Waals surface area contributed by atoms with Crippen LogP contribution in [0.3, 0.4) is 0 Å². The van der Waals surface area contributed by atoms with Crippen molar-refractivity contribution >= 4 is 0 Å². The third kappa shape index (κ3) is 37.9. The second kappa shape index (κ2) is 44.7. The highest BCUT2D eigenvalue weighted by molar-refractivity contribution is 5.43. The maximum Gasteiger partial charge on any atom is 0.121 e. The lowest BCUT2D eigenvalue weighted by atomic mass is 9.96. The Hall–Kier alpha value is -0.980. The Morgan fingerprint density at radius 2 is 0.519 bits per heavy atom. The molecule has 1 N–H and O–H groups in total. The standard InChI is InChI=1S/C37H68O.C16H34/c1-4-6-8-10-12-14-16-18-20-22-24-26-28-30-35-32-34(3)37(38)36(33-35)31-29-27-25-23-21-19-17-15-13-11-9-7-5-2;1-3-5-7-9-11-13-15-16-14-12-10-8-6-4-2/h32-33,38H,4-31H2,1-3H3;3-16H2,1-2H3. The first kappa shape index (κ1) is 53.0. The van der Waals surface area contributed by atoms with Gasteiger partial charge in [-0.3, -0.25) is 0 Å². The van der Waals surface area contributed by atoms with E-state index in [0.29, 0.717) is 5.75 Å². The molecule has 1 heteroatoms. The van der Waals surface area contributed by atoms with Gasteiger partial charge in [-0.15, -0.1) is 0 Å². The summed E-state index contributed by atoms with van der Waals surface area (Å²) in [5.74, 6) is 0.554. The first-order valence-corrected chi connectivity index (χ1v) is 25.4. The largest absolute Gasteiger partial charge is 0.507 e. The molecule has 1 nitrogen and oxygen atoms in total. The van der Waals surface area contributed by atoms with Crippen LogP contribution in [0.4, 0.5) is 0 Å². The van der Waals surface area contributed by atoms with Crippen molar-refractivity contribution in [1.29, 1.82) is 0 Å². The fourth-order valence-electron chi connectivity index (χ4n) is 8.22. The van der Waals surface area contributed by atoms with E-state index >= 15 is 0 Å². The Morgan fingerprint density at radius 3 is 0.778 bits per heavy atom. The number of aromatic hydroxyl groups is 1. The quantitative estimate of drug-likeness (QED) is 0.0660. The summed E-state index contributed by atoms with van der Waals surface area (Å²) in [5.41, 5.74) is 3.70. The maximum atomic E-state index is 10.6. The summed E-state index contributed by atoms with van der Waals surface area (Å²) in [6.45, 7) is 11.2. The second-order valence-electron chi connectivity index (χ2n) is 17.6. The first-order valence-electron chi connectivity index (χ1n) is 25.4. The van der Waals surface area contributed by atoms with Crippen LogP contribution in [0.5, 0.6) is 5.75 Å². The Bertz CT molecular complexity index is 828. The number of hydrogen-bond acceptors (Lipinski definition) is 1. The topological polar surface area (TPSA) is 20.2 Å². The van der Waals surface area contributed by atoms with E-state index in [-0.39, 0.29) is 0 Å². The molecule has 0 saturated carbocycles. The van der Waals surface area contributed by atoms with Gasteiger partial charge in [-0.2, -0.15) is 0 Å². The zero-order valence-electron chi connectivity index (χ0n) is 38.3. The van der Waals surface area contributed by atoms with E-state index in [1.54, 1.807) is 0 Å². The van der Waals surface area contributed by atoms with E-state index in [0.717, 1.165) is 12.0 Å². The highest BCUT2D eigenvalue weighted by Gasteiger charge is 2.08. The third-order valence-corrected chi connectivity index (χ3v) is 12.0. The zero-order valence-corrected chi connectivity index (χ0v) is 38.3. The minimum atomic E-state index is 0.554. The molecule has 1 rings (SSSR count). The third-order valence-electron chi connectivity index (χ3n) is 12.0. The summed E-state index contributed by atoms with van der Waals surface area (Å²) in [6.07, 6.45) is 59.0. The molecule has 320 valence electrons. The normalized spacial score (nSPS) is 11.3. The van der Waals surface area contributed by atoms with Crippen molar-refractivity contribution in [3.05, 3.63) is 28.8 Å². The van der Waals surface area contributed by atoms with Gasteiger partial charge in [0.15, 0.2) is 0 Å². The van der Waals surface area contributed by atoms with Gasteiger partial charge < -0.3 is 5.11 Å². The average Bonchev–Trinajstić information content (AvgIpc) is 3.17. The van der Waals surface area contributed by atoms with Crippen LogP contribution in [0, 0.1) is 6.92 Å². The summed E-state index contributed by atoms with van der Waals surface area (Å²) in [4.78, 5) is 0. The molecular formula is C53H102O. The molecular weight excluding hydrogens is 653 g/mol. The van der Waals surface area contributed by atoms with Crippen molar-refractivity contribution in [2.75, 3.05) is 0 Å². The highest BCUT2D eigenvalue weighted by Crippen LogP contribution is 2.27. The van der Waals surface area contributed by atoms with Crippen molar-refractivity contribution in [3.8, 4) is 5.75 Å². The molecule has 54 heavy (non-hydrogen) atoms. The van der Waals surface area contributed by atoms with Gasteiger partial charge in [0.1, 0.15) is 5.75 Å². The molecule has 0 fully saturated rings. The summed E-state index contributed by atoms with van der Waals surface area (Å²) in [7, 11) is 0. The van der Waals surface area contributed by atoms with Crippen molar-refractivity contribution in [1.82, 2.24) is 0 Å². The minimum Gasteiger partial charge on any atom is -0.507 e. The lowest BCUT2D eigenvalue weighted by molar-refractivity contribution is 0.461.